The Bertz CT molecular complexity index is 726. The minimum absolute atomic E-state index is 0.205. The fourth-order valence-electron chi connectivity index (χ4n) is 2.07. The van der Waals surface area contributed by atoms with Crippen molar-refractivity contribution >= 4 is 27.0 Å². The molecule has 120 valence electrons. The minimum Gasteiger partial charge on any atom is -0.494 e. The zero-order valence-electron chi connectivity index (χ0n) is 12.9. The van der Waals surface area contributed by atoms with Crippen LogP contribution in [0.4, 0.5) is 5.69 Å². The number of benzene rings is 1. The lowest BCUT2D eigenvalue weighted by Gasteiger charge is -2.20. The van der Waals surface area contributed by atoms with Gasteiger partial charge >= 0.3 is 0 Å². The SMILES string of the molecule is CCN(C)c1ccccc1CNS(=O)(=O)c1sccc1OC. The van der Waals surface area contributed by atoms with Crippen molar-refractivity contribution in [2.24, 2.45) is 0 Å². The first-order valence-corrected chi connectivity index (χ1v) is 9.26. The molecule has 0 unspecified atom stereocenters. The van der Waals surface area contributed by atoms with E-state index in [-0.39, 0.29) is 10.8 Å². The van der Waals surface area contributed by atoms with Gasteiger partial charge in [-0.15, -0.1) is 11.3 Å². The third kappa shape index (κ3) is 3.60. The van der Waals surface area contributed by atoms with Gasteiger partial charge in [0.1, 0.15) is 5.75 Å². The maximum absolute atomic E-state index is 12.4. The number of hydrogen-bond acceptors (Lipinski definition) is 5. The largest absolute Gasteiger partial charge is 0.494 e. The van der Waals surface area contributed by atoms with Gasteiger partial charge in [-0.05, 0) is 30.0 Å². The van der Waals surface area contributed by atoms with Crippen LogP contribution in [0.1, 0.15) is 12.5 Å². The molecule has 1 aromatic heterocycles. The van der Waals surface area contributed by atoms with Gasteiger partial charge in [0.2, 0.25) is 0 Å². The highest BCUT2D eigenvalue weighted by Gasteiger charge is 2.21. The van der Waals surface area contributed by atoms with Crippen LogP contribution >= 0.6 is 11.3 Å². The first kappa shape index (κ1) is 16.8. The molecule has 5 nitrogen and oxygen atoms in total. The first-order chi connectivity index (χ1) is 10.5. The zero-order valence-corrected chi connectivity index (χ0v) is 14.5. The van der Waals surface area contributed by atoms with Crippen molar-refractivity contribution < 1.29 is 13.2 Å². The number of nitrogens with one attached hydrogen (secondary N) is 1. The van der Waals surface area contributed by atoms with Crippen molar-refractivity contribution in [1.82, 2.24) is 4.72 Å². The molecule has 0 aliphatic heterocycles. The van der Waals surface area contributed by atoms with Gasteiger partial charge in [0.15, 0.2) is 4.21 Å². The van der Waals surface area contributed by atoms with Crippen LogP contribution in [-0.4, -0.2) is 29.1 Å². The number of hydrogen-bond donors (Lipinski definition) is 1. The Morgan fingerprint density at radius 3 is 2.68 bits per heavy atom. The summed E-state index contributed by atoms with van der Waals surface area (Å²) in [5.41, 5.74) is 1.96. The number of rotatable bonds is 7. The lowest BCUT2D eigenvalue weighted by Crippen LogP contribution is -2.25. The van der Waals surface area contributed by atoms with E-state index in [9.17, 15) is 8.42 Å². The number of thiophene rings is 1. The summed E-state index contributed by atoms with van der Waals surface area (Å²) in [7, 11) is -0.135. The van der Waals surface area contributed by atoms with Gasteiger partial charge < -0.3 is 9.64 Å². The maximum atomic E-state index is 12.4. The normalized spacial score (nSPS) is 11.4. The van der Waals surface area contributed by atoms with Crippen LogP contribution in [0.2, 0.25) is 0 Å². The predicted octanol–water partition coefficient (Wildman–Crippen LogP) is 2.69. The molecule has 22 heavy (non-hydrogen) atoms. The van der Waals surface area contributed by atoms with Crippen LogP contribution in [0, 0.1) is 0 Å². The molecule has 0 radical (unpaired) electrons. The van der Waals surface area contributed by atoms with Gasteiger partial charge in [-0.25, -0.2) is 13.1 Å². The zero-order chi connectivity index (χ0) is 16.2. The molecule has 0 aliphatic carbocycles. The van der Waals surface area contributed by atoms with E-state index < -0.39 is 10.0 Å². The summed E-state index contributed by atoms with van der Waals surface area (Å²) < 4.78 is 32.7. The number of nitrogens with zero attached hydrogens (tertiary/aromatic N) is 1. The Labute approximate surface area is 135 Å². The summed E-state index contributed by atoms with van der Waals surface area (Å²) in [5.74, 6) is 0.372. The summed E-state index contributed by atoms with van der Waals surface area (Å²) in [6.45, 7) is 3.14. The maximum Gasteiger partial charge on any atom is 0.254 e. The average Bonchev–Trinajstić information content (AvgIpc) is 3.02. The molecular weight excluding hydrogens is 320 g/mol. The Morgan fingerprint density at radius 2 is 2.00 bits per heavy atom. The molecule has 2 aromatic rings. The highest BCUT2D eigenvalue weighted by Crippen LogP contribution is 2.29. The van der Waals surface area contributed by atoms with E-state index in [0.717, 1.165) is 29.1 Å². The van der Waals surface area contributed by atoms with Crippen LogP contribution < -0.4 is 14.4 Å². The van der Waals surface area contributed by atoms with Crippen LogP contribution in [-0.2, 0) is 16.6 Å². The lowest BCUT2D eigenvalue weighted by molar-refractivity contribution is 0.406. The molecule has 7 heteroatoms. The van der Waals surface area contributed by atoms with Crippen LogP contribution in [0.3, 0.4) is 0 Å². The van der Waals surface area contributed by atoms with Gasteiger partial charge in [0.05, 0.1) is 7.11 Å². The molecule has 0 aliphatic rings. The Balaban J connectivity index is 2.20. The molecule has 0 spiro atoms. The third-order valence-corrected chi connectivity index (χ3v) is 6.24. The Hall–Kier alpha value is -1.57. The van der Waals surface area contributed by atoms with E-state index in [4.69, 9.17) is 4.74 Å². The number of sulfonamides is 1. The van der Waals surface area contributed by atoms with Crippen LogP contribution in [0.5, 0.6) is 5.75 Å². The summed E-state index contributed by atoms with van der Waals surface area (Å²) in [4.78, 5) is 2.08. The van der Waals surface area contributed by atoms with Crippen molar-refractivity contribution in [3.05, 3.63) is 41.3 Å². The molecule has 2 rings (SSSR count). The second-order valence-electron chi connectivity index (χ2n) is 4.74. The van der Waals surface area contributed by atoms with Crippen molar-refractivity contribution in [3.8, 4) is 5.75 Å². The van der Waals surface area contributed by atoms with Crippen molar-refractivity contribution in [2.75, 3.05) is 25.6 Å². The molecular formula is C15H20N2O3S2. The second kappa shape index (κ2) is 7.13. The fourth-order valence-corrected chi connectivity index (χ4v) is 4.40. The van der Waals surface area contributed by atoms with Crippen LogP contribution in [0.25, 0.3) is 0 Å². The predicted molar refractivity (Wildman–Crippen MR) is 90.3 cm³/mol. The molecule has 1 heterocycles. The topological polar surface area (TPSA) is 58.6 Å². The standard InChI is InChI=1S/C15H20N2O3S2/c1-4-17(2)13-8-6-5-7-12(13)11-16-22(18,19)15-14(20-3)9-10-21-15/h5-10,16H,4,11H2,1-3H3. The number of methoxy groups -OCH3 is 1. The van der Waals surface area contributed by atoms with E-state index in [1.54, 1.807) is 11.4 Å². The molecule has 1 N–H and O–H groups in total. The van der Waals surface area contributed by atoms with Crippen molar-refractivity contribution in [1.29, 1.82) is 0 Å². The molecule has 1 aromatic carbocycles. The first-order valence-electron chi connectivity index (χ1n) is 6.89. The van der Waals surface area contributed by atoms with Gasteiger partial charge in [-0.3, -0.25) is 0 Å². The average molecular weight is 340 g/mol. The minimum atomic E-state index is -3.58. The van der Waals surface area contributed by atoms with Gasteiger partial charge in [-0.1, -0.05) is 18.2 Å². The second-order valence-corrected chi connectivity index (χ2v) is 7.62. The molecule has 0 bridgehead atoms. The fraction of sp³-hybridized carbons (Fsp3) is 0.333. The summed E-state index contributed by atoms with van der Waals surface area (Å²) >= 11 is 1.15. The van der Waals surface area contributed by atoms with E-state index in [1.807, 2.05) is 31.3 Å². The molecule has 0 amide bonds. The Kier molecular flexibility index (Phi) is 5.44. The Morgan fingerprint density at radius 1 is 1.27 bits per heavy atom. The summed E-state index contributed by atoms with van der Waals surface area (Å²) in [6.07, 6.45) is 0. The van der Waals surface area contributed by atoms with Crippen molar-refractivity contribution in [3.63, 3.8) is 0 Å². The molecule has 0 fully saturated rings. The van der Waals surface area contributed by atoms with E-state index in [2.05, 4.69) is 16.5 Å². The van der Waals surface area contributed by atoms with Crippen LogP contribution in [0.15, 0.2) is 39.9 Å². The van der Waals surface area contributed by atoms with Gasteiger partial charge in [0, 0.05) is 25.8 Å². The monoisotopic (exact) mass is 340 g/mol. The lowest BCUT2D eigenvalue weighted by atomic mass is 10.1. The number of para-hydroxylation sites is 1. The number of ether oxygens (including phenoxy) is 1. The van der Waals surface area contributed by atoms with Gasteiger partial charge in [-0.2, -0.15) is 0 Å². The molecule has 0 saturated heterocycles. The highest BCUT2D eigenvalue weighted by atomic mass is 32.2. The quantitative estimate of drug-likeness (QED) is 0.842. The smallest absolute Gasteiger partial charge is 0.254 e. The molecule has 0 atom stereocenters. The summed E-state index contributed by atoms with van der Waals surface area (Å²) in [6, 6.07) is 9.41. The van der Waals surface area contributed by atoms with Crippen molar-refractivity contribution in [2.45, 2.75) is 17.7 Å². The molecule has 0 saturated carbocycles. The van der Waals surface area contributed by atoms with E-state index in [0.29, 0.717) is 5.75 Å². The van der Waals surface area contributed by atoms with E-state index >= 15 is 0 Å². The highest BCUT2D eigenvalue weighted by molar-refractivity contribution is 7.91. The summed E-state index contributed by atoms with van der Waals surface area (Å²) in [5, 5.41) is 1.70. The van der Waals surface area contributed by atoms with E-state index in [1.165, 1.54) is 7.11 Å². The third-order valence-electron chi connectivity index (χ3n) is 3.39. The van der Waals surface area contributed by atoms with Gasteiger partial charge in [0.25, 0.3) is 10.0 Å². The number of anilines is 1.